The zero-order valence-electron chi connectivity index (χ0n) is 11.1. The highest BCUT2D eigenvalue weighted by Gasteiger charge is 2.26. The van der Waals surface area contributed by atoms with Crippen molar-refractivity contribution in [2.75, 3.05) is 5.32 Å². The number of halogens is 1. The molecule has 2 nitrogen and oxygen atoms in total. The lowest BCUT2D eigenvalue weighted by Gasteiger charge is -2.24. The van der Waals surface area contributed by atoms with E-state index in [4.69, 9.17) is 11.6 Å². The van der Waals surface area contributed by atoms with Crippen molar-refractivity contribution in [3.8, 4) is 0 Å². The number of hydrogen-bond donors (Lipinski definition) is 1. The summed E-state index contributed by atoms with van der Waals surface area (Å²) in [6.45, 7) is 0. The summed E-state index contributed by atoms with van der Waals surface area (Å²) in [6.07, 6.45) is 3.05. The van der Waals surface area contributed by atoms with E-state index < -0.39 is 0 Å². The Hall–Kier alpha value is -1.80. The Morgan fingerprint density at radius 1 is 1.10 bits per heavy atom. The van der Waals surface area contributed by atoms with Crippen molar-refractivity contribution < 1.29 is 4.79 Å². The Bertz CT molecular complexity index is 621. The van der Waals surface area contributed by atoms with Crippen LogP contribution in [-0.4, -0.2) is 5.91 Å². The normalized spacial score (nSPS) is 17.4. The number of benzene rings is 2. The predicted octanol–water partition coefficient (Wildman–Crippen LogP) is 4.40. The SMILES string of the molecule is O=C(Nc1ccc(Cl)cc1)C1CCCc2ccccc21. The lowest BCUT2D eigenvalue weighted by atomic mass is 9.82. The molecular weight excluding hydrogens is 270 g/mol. The van der Waals surface area contributed by atoms with E-state index in [9.17, 15) is 4.79 Å². The van der Waals surface area contributed by atoms with Gasteiger partial charge in [0.25, 0.3) is 0 Å². The predicted molar refractivity (Wildman–Crippen MR) is 82.2 cm³/mol. The van der Waals surface area contributed by atoms with Crippen LogP contribution in [0.1, 0.15) is 29.9 Å². The van der Waals surface area contributed by atoms with Gasteiger partial charge in [-0.25, -0.2) is 0 Å². The Balaban J connectivity index is 1.80. The molecule has 0 radical (unpaired) electrons. The van der Waals surface area contributed by atoms with Crippen molar-refractivity contribution in [2.45, 2.75) is 25.2 Å². The molecule has 102 valence electrons. The van der Waals surface area contributed by atoms with E-state index in [1.54, 1.807) is 12.1 Å². The van der Waals surface area contributed by atoms with Gasteiger partial charge in [-0.15, -0.1) is 0 Å². The van der Waals surface area contributed by atoms with Gasteiger partial charge in [-0.3, -0.25) is 4.79 Å². The molecular formula is C17H16ClNO. The number of aryl methyl sites for hydroxylation is 1. The first-order chi connectivity index (χ1) is 9.74. The highest BCUT2D eigenvalue weighted by molar-refractivity contribution is 6.30. The lowest BCUT2D eigenvalue weighted by Crippen LogP contribution is -2.24. The van der Waals surface area contributed by atoms with Crippen molar-refractivity contribution in [1.82, 2.24) is 0 Å². The lowest BCUT2D eigenvalue weighted by molar-refractivity contribution is -0.117. The third-order valence-electron chi connectivity index (χ3n) is 3.80. The summed E-state index contributed by atoms with van der Waals surface area (Å²) in [5.41, 5.74) is 3.27. The van der Waals surface area contributed by atoms with Gasteiger partial charge < -0.3 is 5.32 Å². The molecule has 1 atom stereocenters. The molecule has 0 aliphatic heterocycles. The third kappa shape index (κ3) is 2.70. The second-order valence-corrected chi connectivity index (χ2v) is 5.58. The molecule has 0 heterocycles. The van der Waals surface area contributed by atoms with Crippen LogP contribution >= 0.6 is 11.6 Å². The minimum Gasteiger partial charge on any atom is -0.326 e. The average molecular weight is 286 g/mol. The van der Waals surface area contributed by atoms with Gasteiger partial charge in [0.2, 0.25) is 5.91 Å². The Morgan fingerprint density at radius 3 is 2.65 bits per heavy atom. The zero-order valence-corrected chi connectivity index (χ0v) is 11.9. The monoisotopic (exact) mass is 285 g/mol. The van der Waals surface area contributed by atoms with Crippen LogP contribution in [0.2, 0.25) is 5.02 Å². The third-order valence-corrected chi connectivity index (χ3v) is 4.05. The fourth-order valence-corrected chi connectivity index (χ4v) is 2.91. The van der Waals surface area contributed by atoms with E-state index in [1.807, 2.05) is 24.3 Å². The van der Waals surface area contributed by atoms with Crippen LogP contribution in [0, 0.1) is 0 Å². The average Bonchev–Trinajstić information content (AvgIpc) is 2.49. The van der Waals surface area contributed by atoms with Gasteiger partial charge in [0, 0.05) is 10.7 Å². The minimum atomic E-state index is -0.0457. The number of carbonyl (C=O) groups excluding carboxylic acids is 1. The number of rotatable bonds is 2. The van der Waals surface area contributed by atoms with Gasteiger partial charge in [0.1, 0.15) is 0 Å². The van der Waals surface area contributed by atoms with E-state index in [-0.39, 0.29) is 11.8 Å². The smallest absolute Gasteiger partial charge is 0.231 e. The summed E-state index contributed by atoms with van der Waals surface area (Å²) in [7, 11) is 0. The topological polar surface area (TPSA) is 29.1 Å². The van der Waals surface area contributed by atoms with Crippen LogP contribution in [0.4, 0.5) is 5.69 Å². The van der Waals surface area contributed by atoms with Crippen molar-refractivity contribution in [3.05, 3.63) is 64.7 Å². The van der Waals surface area contributed by atoms with Gasteiger partial charge in [-0.1, -0.05) is 35.9 Å². The number of hydrogen-bond acceptors (Lipinski definition) is 1. The number of anilines is 1. The number of fused-ring (bicyclic) bond motifs is 1. The quantitative estimate of drug-likeness (QED) is 0.871. The Morgan fingerprint density at radius 2 is 1.85 bits per heavy atom. The van der Waals surface area contributed by atoms with E-state index in [0.717, 1.165) is 24.9 Å². The first kappa shape index (κ1) is 13.2. The molecule has 0 saturated carbocycles. The highest BCUT2D eigenvalue weighted by atomic mass is 35.5. The zero-order chi connectivity index (χ0) is 13.9. The van der Waals surface area contributed by atoms with Crippen LogP contribution < -0.4 is 5.32 Å². The maximum Gasteiger partial charge on any atom is 0.231 e. The van der Waals surface area contributed by atoms with E-state index in [0.29, 0.717) is 5.02 Å². The molecule has 1 aliphatic rings. The molecule has 20 heavy (non-hydrogen) atoms. The fraction of sp³-hybridized carbons (Fsp3) is 0.235. The summed E-state index contributed by atoms with van der Waals surface area (Å²) >= 11 is 5.85. The second-order valence-electron chi connectivity index (χ2n) is 5.14. The molecule has 0 spiro atoms. The minimum absolute atomic E-state index is 0.0457. The molecule has 1 aliphatic carbocycles. The van der Waals surface area contributed by atoms with Gasteiger partial charge in [-0.2, -0.15) is 0 Å². The van der Waals surface area contributed by atoms with Crippen molar-refractivity contribution in [2.24, 2.45) is 0 Å². The standard InChI is InChI=1S/C17H16ClNO/c18-13-8-10-14(11-9-13)19-17(20)16-7-3-5-12-4-1-2-6-15(12)16/h1-2,4,6,8-11,16H,3,5,7H2,(H,19,20). The van der Waals surface area contributed by atoms with Gasteiger partial charge in [-0.05, 0) is 54.7 Å². The molecule has 0 fully saturated rings. The number of nitrogens with one attached hydrogen (secondary N) is 1. The molecule has 1 N–H and O–H groups in total. The summed E-state index contributed by atoms with van der Waals surface area (Å²) in [4.78, 5) is 12.5. The molecule has 0 aromatic heterocycles. The van der Waals surface area contributed by atoms with E-state index in [1.165, 1.54) is 11.1 Å². The van der Waals surface area contributed by atoms with Gasteiger partial charge in [0.05, 0.1) is 5.92 Å². The Labute approximate surface area is 123 Å². The van der Waals surface area contributed by atoms with E-state index in [2.05, 4.69) is 17.4 Å². The number of carbonyl (C=O) groups is 1. The first-order valence-electron chi connectivity index (χ1n) is 6.88. The summed E-state index contributed by atoms with van der Waals surface area (Å²) in [5.74, 6) is 0.0232. The van der Waals surface area contributed by atoms with Gasteiger partial charge >= 0.3 is 0 Å². The van der Waals surface area contributed by atoms with Crippen LogP contribution in [0.15, 0.2) is 48.5 Å². The van der Waals surface area contributed by atoms with Crippen molar-refractivity contribution >= 4 is 23.2 Å². The fourth-order valence-electron chi connectivity index (χ4n) is 2.79. The molecule has 0 saturated heterocycles. The highest BCUT2D eigenvalue weighted by Crippen LogP contribution is 2.32. The maximum atomic E-state index is 12.5. The van der Waals surface area contributed by atoms with Crippen LogP contribution in [0.5, 0.6) is 0 Å². The maximum absolute atomic E-state index is 12.5. The van der Waals surface area contributed by atoms with Gasteiger partial charge in [0.15, 0.2) is 0 Å². The van der Waals surface area contributed by atoms with Crippen LogP contribution in [0.3, 0.4) is 0 Å². The molecule has 1 amide bonds. The molecule has 3 heteroatoms. The summed E-state index contributed by atoms with van der Waals surface area (Å²) in [6, 6.07) is 15.5. The Kier molecular flexibility index (Phi) is 3.75. The number of amides is 1. The molecule has 3 rings (SSSR count). The molecule has 2 aromatic carbocycles. The summed E-state index contributed by atoms with van der Waals surface area (Å²) in [5, 5.41) is 3.65. The van der Waals surface area contributed by atoms with E-state index >= 15 is 0 Å². The van der Waals surface area contributed by atoms with Crippen molar-refractivity contribution in [3.63, 3.8) is 0 Å². The largest absolute Gasteiger partial charge is 0.326 e. The van der Waals surface area contributed by atoms with Crippen LogP contribution in [-0.2, 0) is 11.2 Å². The van der Waals surface area contributed by atoms with Crippen molar-refractivity contribution in [1.29, 1.82) is 0 Å². The first-order valence-corrected chi connectivity index (χ1v) is 7.26. The second kappa shape index (κ2) is 5.68. The summed E-state index contributed by atoms with van der Waals surface area (Å²) < 4.78 is 0. The molecule has 2 aromatic rings. The molecule has 1 unspecified atom stereocenters. The van der Waals surface area contributed by atoms with Crippen LogP contribution in [0.25, 0.3) is 0 Å². The molecule has 0 bridgehead atoms.